The maximum atomic E-state index is 13.6. The van der Waals surface area contributed by atoms with E-state index in [9.17, 15) is 9.18 Å². The van der Waals surface area contributed by atoms with Crippen LogP contribution in [0.4, 0.5) is 16.2 Å². The number of anilines is 2. The Balaban J connectivity index is 1.58. The molecule has 0 spiro atoms. The van der Waals surface area contributed by atoms with E-state index in [2.05, 4.69) is 20.6 Å². The summed E-state index contributed by atoms with van der Waals surface area (Å²) in [5.41, 5.74) is 0.815. The topological polar surface area (TPSA) is 95.2 Å². The molecule has 30 heavy (non-hydrogen) atoms. The van der Waals surface area contributed by atoms with Crippen molar-refractivity contribution in [1.29, 1.82) is 0 Å². The van der Waals surface area contributed by atoms with Crippen molar-refractivity contribution in [3.8, 4) is 10.6 Å². The third-order valence-corrected chi connectivity index (χ3v) is 6.46. The summed E-state index contributed by atoms with van der Waals surface area (Å²) in [5.74, 6) is 0.734. The van der Waals surface area contributed by atoms with E-state index in [0.29, 0.717) is 58.9 Å². The molecule has 0 aliphatic carbocycles. The highest BCUT2D eigenvalue weighted by molar-refractivity contribution is 7.21. The first-order valence-corrected chi connectivity index (χ1v) is 11.0. The molecule has 3 aromatic rings. The van der Waals surface area contributed by atoms with E-state index < -0.39 is 0 Å². The number of nitrogens with one attached hydrogen (secondary N) is 3. The summed E-state index contributed by atoms with van der Waals surface area (Å²) in [5, 5.41) is 7.37. The highest BCUT2D eigenvalue weighted by Gasteiger charge is 2.23. The summed E-state index contributed by atoms with van der Waals surface area (Å²) < 4.78 is 19.8. The minimum absolute atomic E-state index is 0.177. The molecule has 10 heteroatoms. The molecule has 0 saturated carbocycles. The predicted octanol–water partition coefficient (Wildman–Crippen LogP) is 2.19. The Kier molecular flexibility index (Phi) is 5.36. The SMILES string of the molecule is O=c1[nH]c(N2CCOCC2)nc(NC2CCCNC2)c1-c1nc2ccc(F)cc2s1. The van der Waals surface area contributed by atoms with E-state index in [1.54, 1.807) is 6.07 Å². The second kappa shape index (κ2) is 8.29. The van der Waals surface area contributed by atoms with Crippen molar-refractivity contribution in [1.82, 2.24) is 20.3 Å². The van der Waals surface area contributed by atoms with Crippen LogP contribution >= 0.6 is 11.3 Å². The first kappa shape index (κ1) is 19.4. The zero-order valence-electron chi connectivity index (χ0n) is 16.4. The van der Waals surface area contributed by atoms with Crippen molar-refractivity contribution in [2.45, 2.75) is 18.9 Å². The van der Waals surface area contributed by atoms with E-state index in [1.165, 1.54) is 23.5 Å². The van der Waals surface area contributed by atoms with Gasteiger partial charge < -0.3 is 20.3 Å². The summed E-state index contributed by atoms with van der Waals surface area (Å²) in [6, 6.07) is 4.63. The van der Waals surface area contributed by atoms with Crippen LogP contribution in [0.5, 0.6) is 0 Å². The van der Waals surface area contributed by atoms with Crippen LogP contribution in [-0.4, -0.2) is 60.4 Å². The molecule has 2 fully saturated rings. The molecule has 0 radical (unpaired) electrons. The van der Waals surface area contributed by atoms with Crippen LogP contribution in [0.3, 0.4) is 0 Å². The maximum absolute atomic E-state index is 13.6. The quantitative estimate of drug-likeness (QED) is 0.584. The molecule has 2 aromatic heterocycles. The number of benzene rings is 1. The minimum Gasteiger partial charge on any atom is -0.378 e. The third kappa shape index (κ3) is 3.90. The van der Waals surface area contributed by atoms with Crippen molar-refractivity contribution in [3.63, 3.8) is 0 Å². The second-order valence-corrected chi connectivity index (χ2v) is 8.56. The van der Waals surface area contributed by atoms with Crippen molar-refractivity contribution >= 4 is 33.3 Å². The molecule has 1 unspecified atom stereocenters. The lowest BCUT2D eigenvalue weighted by atomic mass is 10.1. The van der Waals surface area contributed by atoms with Gasteiger partial charge in [-0.15, -0.1) is 11.3 Å². The maximum Gasteiger partial charge on any atom is 0.264 e. The number of nitrogens with zero attached hydrogens (tertiary/aromatic N) is 3. The molecule has 0 bridgehead atoms. The van der Waals surface area contributed by atoms with Gasteiger partial charge in [0.1, 0.15) is 22.2 Å². The zero-order valence-corrected chi connectivity index (χ0v) is 17.2. The van der Waals surface area contributed by atoms with E-state index in [-0.39, 0.29) is 17.4 Å². The number of piperidine rings is 1. The van der Waals surface area contributed by atoms with E-state index in [4.69, 9.17) is 9.72 Å². The van der Waals surface area contributed by atoms with Crippen LogP contribution < -0.4 is 21.1 Å². The molecule has 158 valence electrons. The normalized spacial score (nSPS) is 19.9. The van der Waals surface area contributed by atoms with Gasteiger partial charge in [-0.1, -0.05) is 0 Å². The molecule has 3 N–H and O–H groups in total. The fourth-order valence-electron chi connectivity index (χ4n) is 3.86. The van der Waals surface area contributed by atoms with Gasteiger partial charge in [0.25, 0.3) is 5.56 Å². The highest BCUT2D eigenvalue weighted by Crippen LogP contribution is 2.33. The summed E-state index contributed by atoms with van der Waals surface area (Å²) >= 11 is 1.30. The second-order valence-electron chi connectivity index (χ2n) is 7.53. The summed E-state index contributed by atoms with van der Waals surface area (Å²) in [6.45, 7) is 4.36. The monoisotopic (exact) mass is 430 g/mol. The smallest absolute Gasteiger partial charge is 0.264 e. The fraction of sp³-hybridized carbons (Fsp3) is 0.450. The Morgan fingerprint density at radius 3 is 2.93 bits per heavy atom. The number of morpholine rings is 1. The minimum atomic E-state index is -0.320. The van der Waals surface area contributed by atoms with Gasteiger partial charge in [-0.25, -0.2) is 9.37 Å². The molecule has 5 rings (SSSR count). The summed E-state index contributed by atoms with van der Waals surface area (Å²) in [7, 11) is 0. The number of aromatic amines is 1. The van der Waals surface area contributed by atoms with Gasteiger partial charge in [0.2, 0.25) is 5.95 Å². The zero-order chi connectivity index (χ0) is 20.5. The highest BCUT2D eigenvalue weighted by atomic mass is 32.1. The van der Waals surface area contributed by atoms with Crippen LogP contribution in [-0.2, 0) is 4.74 Å². The number of thiazole rings is 1. The van der Waals surface area contributed by atoms with E-state index in [1.807, 2.05) is 4.90 Å². The number of rotatable bonds is 4. The molecular formula is C20H23FN6O2S. The van der Waals surface area contributed by atoms with Gasteiger partial charge in [-0.3, -0.25) is 9.78 Å². The van der Waals surface area contributed by atoms with Crippen molar-refractivity contribution in [2.24, 2.45) is 0 Å². The van der Waals surface area contributed by atoms with Crippen LogP contribution in [0.25, 0.3) is 20.8 Å². The Morgan fingerprint density at radius 2 is 2.13 bits per heavy atom. The molecular weight excluding hydrogens is 407 g/mol. The lowest BCUT2D eigenvalue weighted by Gasteiger charge is -2.29. The average Bonchev–Trinajstić information content (AvgIpc) is 3.17. The van der Waals surface area contributed by atoms with E-state index >= 15 is 0 Å². The van der Waals surface area contributed by atoms with Gasteiger partial charge in [0, 0.05) is 25.7 Å². The molecule has 4 heterocycles. The van der Waals surface area contributed by atoms with Crippen molar-refractivity contribution in [3.05, 3.63) is 34.4 Å². The largest absolute Gasteiger partial charge is 0.378 e. The average molecular weight is 431 g/mol. The van der Waals surface area contributed by atoms with Gasteiger partial charge in [0.15, 0.2) is 0 Å². The standard InChI is InChI=1S/C20H23FN6O2S/c21-12-3-4-14-15(10-12)30-19(24-14)16-17(23-13-2-1-5-22-11-13)25-20(26-18(16)28)27-6-8-29-9-7-27/h3-4,10,13,22H,1-2,5-9,11H2,(H2,23,25,26,28). The van der Waals surface area contributed by atoms with Gasteiger partial charge >= 0.3 is 0 Å². The molecule has 0 amide bonds. The lowest BCUT2D eigenvalue weighted by molar-refractivity contribution is 0.122. The van der Waals surface area contributed by atoms with Gasteiger partial charge in [0.05, 0.1) is 23.4 Å². The first-order valence-electron chi connectivity index (χ1n) is 10.2. The van der Waals surface area contributed by atoms with Crippen molar-refractivity contribution < 1.29 is 9.13 Å². The molecule has 1 atom stereocenters. The lowest BCUT2D eigenvalue weighted by Crippen LogP contribution is -2.40. The van der Waals surface area contributed by atoms with Crippen LogP contribution in [0, 0.1) is 5.82 Å². The van der Waals surface area contributed by atoms with Crippen molar-refractivity contribution in [2.75, 3.05) is 49.6 Å². The van der Waals surface area contributed by atoms with Crippen LogP contribution in [0.1, 0.15) is 12.8 Å². The number of hydrogen-bond donors (Lipinski definition) is 3. The summed E-state index contributed by atoms with van der Waals surface area (Å²) in [6.07, 6.45) is 2.06. The predicted molar refractivity (Wildman–Crippen MR) is 116 cm³/mol. The van der Waals surface area contributed by atoms with Crippen LogP contribution in [0.15, 0.2) is 23.0 Å². The number of aromatic nitrogens is 3. The Labute approximate surface area is 176 Å². The first-order chi connectivity index (χ1) is 14.7. The Morgan fingerprint density at radius 1 is 1.27 bits per heavy atom. The Hall–Kier alpha value is -2.56. The molecule has 2 aliphatic heterocycles. The number of H-pyrrole nitrogens is 1. The number of fused-ring (bicyclic) bond motifs is 1. The van der Waals surface area contributed by atoms with Crippen LogP contribution in [0.2, 0.25) is 0 Å². The Bertz CT molecular complexity index is 1100. The summed E-state index contributed by atoms with van der Waals surface area (Å²) in [4.78, 5) is 27.5. The van der Waals surface area contributed by atoms with Gasteiger partial charge in [-0.05, 0) is 37.6 Å². The number of ether oxygens (including phenoxy) is 1. The van der Waals surface area contributed by atoms with E-state index in [0.717, 1.165) is 25.9 Å². The molecule has 1 aromatic carbocycles. The molecule has 8 nitrogen and oxygen atoms in total. The van der Waals surface area contributed by atoms with Gasteiger partial charge in [-0.2, -0.15) is 4.98 Å². The number of halogens is 1. The third-order valence-electron chi connectivity index (χ3n) is 5.42. The number of hydrogen-bond acceptors (Lipinski definition) is 8. The molecule has 2 aliphatic rings. The molecule has 2 saturated heterocycles. The fourth-order valence-corrected chi connectivity index (χ4v) is 4.90.